The maximum Gasteiger partial charge on any atom is 0.0410 e. The quantitative estimate of drug-likeness (QED) is 0.696. The summed E-state index contributed by atoms with van der Waals surface area (Å²) in [5, 5.41) is 0. The average Bonchev–Trinajstić information content (AvgIpc) is 2.78. The first-order valence-corrected chi connectivity index (χ1v) is 7.57. The number of pyridine rings is 1. The lowest BCUT2D eigenvalue weighted by molar-refractivity contribution is 1.24. The van der Waals surface area contributed by atoms with E-state index >= 15 is 0 Å². The van der Waals surface area contributed by atoms with Gasteiger partial charge in [-0.25, -0.2) is 0 Å². The summed E-state index contributed by atoms with van der Waals surface area (Å²) in [7, 11) is 0. The van der Waals surface area contributed by atoms with Crippen molar-refractivity contribution in [2.24, 2.45) is 0 Å². The van der Waals surface area contributed by atoms with E-state index in [1.54, 1.807) is 6.20 Å². The van der Waals surface area contributed by atoms with E-state index in [4.69, 9.17) is 0 Å². The number of fused-ring (bicyclic) bond motifs is 1. The Morgan fingerprint density at radius 1 is 1.00 bits per heavy atom. The fraction of sp³-hybridized carbons (Fsp3) is 0.0625. The van der Waals surface area contributed by atoms with E-state index in [0.717, 1.165) is 20.9 Å². The van der Waals surface area contributed by atoms with Gasteiger partial charge in [0.2, 0.25) is 0 Å². The van der Waals surface area contributed by atoms with Crippen molar-refractivity contribution < 1.29 is 0 Å². The molecule has 1 aromatic heterocycles. The molecule has 1 heterocycles. The van der Waals surface area contributed by atoms with Gasteiger partial charge >= 0.3 is 0 Å². The highest BCUT2D eigenvalue weighted by atomic mass is 79.9. The molecule has 0 atom stereocenters. The first-order chi connectivity index (χ1) is 9.20. The second-order valence-corrected chi connectivity index (χ2v) is 6.34. The predicted molar refractivity (Wildman–Crippen MR) is 86.8 cm³/mol. The number of rotatable bonds is 2. The Kier molecular flexibility index (Phi) is 3.67. The van der Waals surface area contributed by atoms with Gasteiger partial charge in [0.15, 0.2) is 0 Å². The highest BCUT2D eigenvalue weighted by molar-refractivity contribution is 9.10. The van der Waals surface area contributed by atoms with E-state index < -0.39 is 0 Å². The van der Waals surface area contributed by atoms with E-state index in [-0.39, 0.29) is 0 Å². The van der Waals surface area contributed by atoms with E-state index in [1.807, 2.05) is 6.20 Å². The molecule has 1 aliphatic carbocycles. The summed E-state index contributed by atoms with van der Waals surface area (Å²) in [6.07, 6.45) is 11.2. The lowest BCUT2D eigenvalue weighted by atomic mass is 10.1. The van der Waals surface area contributed by atoms with Crippen LogP contribution in [0.15, 0.2) is 57.3 Å². The van der Waals surface area contributed by atoms with Gasteiger partial charge in [0.25, 0.3) is 0 Å². The molecule has 0 N–H and O–H groups in total. The number of hydrogen-bond donors (Lipinski definition) is 0. The van der Waals surface area contributed by atoms with Crippen LogP contribution in [0, 0.1) is 0 Å². The molecule has 0 bridgehead atoms. The summed E-state index contributed by atoms with van der Waals surface area (Å²) < 4.78 is 2.14. The van der Waals surface area contributed by atoms with Crippen LogP contribution in [0.1, 0.15) is 16.7 Å². The third kappa shape index (κ3) is 3.04. The largest absolute Gasteiger partial charge is 0.263 e. The van der Waals surface area contributed by atoms with Gasteiger partial charge in [-0.3, -0.25) is 4.98 Å². The SMILES string of the molecule is Brc1cncc(/C=C/C2=Cc3ccc(Br)cc3C2)c1. The van der Waals surface area contributed by atoms with Crippen molar-refractivity contribution in [2.75, 3.05) is 0 Å². The van der Waals surface area contributed by atoms with Crippen LogP contribution >= 0.6 is 31.9 Å². The van der Waals surface area contributed by atoms with Crippen molar-refractivity contribution in [1.29, 1.82) is 0 Å². The molecular weight excluding hydrogens is 366 g/mol. The minimum Gasteiger partial charge on any atom is -0.263 e. The molecule has 1 aliphatic rings. The van der Waals surface area contributed by atoms with Crippen molar-refractivity contribution >= 4 is 44.0 Å². The maximum atomic E-state index is 4.16. The molecule has 19 heavy (non-hydrogen) atoms. The molecule has 0 saturated heterocycles. The number of nitrogens with zero attached hydrogens (tertiary/aromatic N) is 1. The van der Waals surface area contributed by atoms with Gasteiger partial charge in [-0.1, -0.05) is 40.2 Å². The van der Waals surface area contributed by atoms with Gasteiger partial charge in [-0.05, 0) is 62.8 Å². The smallest absolute Gasteiger partial charge is 0.0410 e. The highest BCUT2D eigenvalue weighted by Crippen LogP contribution is 2.28. The maximum absolute atomic E-state index is 4.16. The number of allylic oxidation sites excluding steroid dienone is 2. The van der Waals surface area contributed by atoms with Crippen molar-refractivity contribution in [3.8, 4) is 0 Å². The molecule has 0 aliphatic heterocycles. The summed E-state index contributed by atoms with van der Waals surface area (Å²) >= 11 is 6.94. The van der Waals surface area contributed by atoms with Crippen molar-refractivity contribution in [3.63, 3.8) is 0 Å². The summed E-state index contributed by atoms with van der Waals surface area (Å²) in [6, 6.07) is 8.48. The summed E-state index contributed by atoms with van der Waals surface area (Å²) in [5.74, 6) is 0. The van der Waals surface area contributed by atoms with Crippen LogP contribution in [0.2, 0.25) is 0 Å². The fourth-order valence-corrected chi connectivity index (χ4v) is 2.96. The Morgan fingerprint density at radius 3 is 2.74 bits per heavy atom. The third-order valence-corrected chi connectivity index (χ3v) is 3.98. The average molecular weight is 377 g/mol. The molecule has 0 fully saturated rings. The van der Waals surface area contributed by atoms with Crippen molar-refractivity contribution in [2.45, 2.75) is 6.42 Å². The molecule has 1 nitrogen and oxygen atoms in total. The first-order valence-electron chi connectivity index (χ1n) is 5.98. The molecule has 3 rings (SSSR count). The molecule has 0 spiro atoms. The van der Waals surface area contributed by atoms with Crippen molar-refractivity contribution in [1.82, 2.24) is 4.98 Å². The van der Waals surface area contributed by atoms with Gasteiger partial charge in [-0.2, -0.15) is 0 Å². The number of halogens is 2. The van der Waals surface area contributed by atoms with Gasteiger partial charge in [0.05, 0.1) is 0 Å². The minimum atomic E-state index is 0.993. The minimum absolute atomic E-state index is 0.993. The van der Waals surface area contributed by atoms with Gasteiger partial charge in [0.1, 0.15) is 0 Å². The number of benzene rings is 1. The topological polar surface area (TPSA) is 12.9 Å². The highest BCUT2D eigenvalue weighted by Gasteiger charge is 2.10. The van der Waals surface area contributed by atoms with E-state index in [0.29, 0.717) is 0 Å². The van der Waals surface area contributed by atoms with Gasteiger partial charge in [-0.15, -0.1) is 0 Å². The molecule has 0 unspecified atom stereocenters. The zero-order valence-corrected chi connectivity index (χ0v) is 13.3. The second-order valence-electron chi connectivity index (χ2n) is 4.51. The van der Waals surface area contributed by atoms with E-state index in [2.05, 4.69) is 79.3 Å². The van der Waals surface area contributed by atoms with Crippen molar-refractivity contribution in [3.05, 3.63) is 73.9 Å². The summed E-state index contributed by atoms with van der Waals surface area (Å²) in [5.41, 5.74) is 5.12. The molecule has 2 aromatic rings. The lowest BCUT2D eigenvalue weighted by Gasteiger charge is -1.98. The van der Waals surface area contributed by atoms with Crippen LogP contribution in [-0.4, -0.2) is 4.98 Å². The summed E-state index contributed by atoms with van der Waals surface area (Å²) in [6.45, 7) is 0. The Morgan fingerprint density at radius 2 is 1.89 bits per heavy atom. The molecule has 94 valence electrons. The molecule has 0 radical (unpaired) electrons. The predicted octanol–water partition coefficient (Wildman–Crippen LogP) is 5.26. The van der Waals surface area contributed by atoms with Crippen LogP contribution < -0.4 is 0 Å². The molecule has 0 saturated carbocycles. The Labute approximate surface area is 129 Å². The Balaban J connectivity index is 1.80. The molecule has 3 heteroatoms. The van der Waals surface area contributed by atoms with Gasteiger partial charge in [0, 0.05) is 21.3 Å². The van der Waals surface area contributed by atoms with E-state index in [1.165, 1.54) is 16.7 Å². The van der Waals surface area contributed by atoms with Crippen LogP contribution in [0.4, 0.5) is 0 Å². The van der Waals surface area contributed by atoms with Crippen LogP contribution in [0.5, 0.6) is 0 Å². The number of aromatic nitrogens is 1. The van der Waals surface area contributed by atoms with Crippen LogP contribution in [0.3, 0.4) is 0 Å². The van der Waals surface area contributed by atoms with E-state index in [9.17, 15) is 0 Å². The number of hydrogen-bond acceptors (Lipinski definition) is 1. The second kappa shape index (κ2) is 5.43. The monoisotopic (exact) mass is 375 g/mol. The first kappa shape index (κ1) is 12.8. The third-order valence-electron chi connectivity index (χ3n) is 3.06. The standard InChI is InChI=1S/C16H11Br2N/c17-15-4-3-13-5-11(6-14(13)8-15)1-2-12-7-16(18)10-19-9-12/h1-5,7-10H,6H2/b2-1+. The normalized spacial score (nSPS) is 13.7. The molecule has 1 aromatic carbocycles. The molecule has 0 amide bonds. The van der Waals surface area contributed by atoms with Crippen LogP contribution in [0.25, 0.3) is 12.2 Å². The molecular formula is C16H11Br2N. The lowest BCUT2D eigenvalue weighted by Crippen LogP contribution is -1.82. The van der Waals surface area contributed by atoms with Gasteiger partial charge < -0.3 is 0 Å². The fourth-order valence-electron chi connectivity index (χ4n) is 2.17. The zero-order valence-electron chi connectivity index (χ0n) is 10.1. The zero-order chi connectivity index (χ0) is 13.2. The van der Waals surface area contributed by atoms with Crippen LogP contribution in [-0.2, 0) is 6.42 Å². The summed E-state index contributed by atoms with van der Waals surface area (Å²) in [4.78, 5) is 4.16. The Hall–Kier alpha value is -1.19. The Bertz CT molecular complexity index is 687.